The molecular formula is C10H13F3O6. The first-order valence-electron chi connectivity index (χ1n) is 4.98. The van der Waals surface area contributed by atoms with Crippen LogP contribution in [0.4, 0.5) is 13.2 Å². The first kappa shape index (κ1) is 17.2. The van der Waals surface area contributed by atoms with E-state index in [1.807, 2.05) is 0 Å². The Hall–Kier alpha value is -1.80. The Kier molecular flexibility index (Phi) is 6.30. The summed E-state index contributed by atoms with van der Waals surface area (Å²) < 4.78 is 50.9. The molecule has 0 aliphatic carbocycles. The highest BCUT2D eigenvalue weighted by molar-refractivity contribution is 5.95. The first-order valence-corrected chi connectivity index (χ1v) is 4.98. The molecule has 0 heterocycles. The highest BCUT2D eigenvalue weighted by Gasteiger charge is 2.52. The summed E-state index contributed by atoms with van der Waals surface area (Å²) in [5.41, 5.74) is 0. The quantitative estimate of drug-likeness (QED) is 0.420. The van der Waals surface area contributed by atoms with E-state index in [4.69, 9.17) is 0 Å². The van der Waals surface area contributed by atoms with E-state index in [2.05, 4.69) is 14.2 Å². The molecular weight excluding hydrogens is 273 g/mol. The summed E-state index contributed by atoms with van der Waals surface area (Å²) in [6.45, 7) is 0. The maximum absolute atomic E-state index is 12.8. The third-order valence-corrected chi connectivity index (χ3v) is 2.35. The Balaban J connectivity index is 5.42. The summed E-state index contributed by atoms with van der Waals surface area (Å²) in [6, 6.07) is 0. The second kappa shape index (κ2) is 6.95. The van der Waals surface area contributed by atoms with Crippen molar-refractivity contribution < 1.29 is 41.8 Å². The van der Waals surface area contributed by atoms with Gasteiger partial charge >= 0.3 is 24.1 Å². The average molecular weight is 286 g/mol. The van der Waals surface area contributed by atoms with Gasteiger partial charge in [0, 0.05) is 0 Å². The van der Waals surface area contributed by atoms with E-state index >= 15 is 0 Å². The van der Waals surface area contributed by atoms with Gasteiger partial charge < -0.3 is 14.2 Å². The number of carbonyl (C=O) groups is 3. The Morgan fingerprint density at radius 1 is 0.947 bits per heavy atom. The van der Waals surface area contributed by atoms with Gasteiger partial charge in [-0.1, -0.05) is 0 Å². The van der Waals surface area contributed by atoms with E-state index in [0.717, 1.165) is 21.3 Å². The van der Waals surface area contributed by atoms with Crippen LogP contribution >= 0.6 is 0 Å². The molecule has 0 aliphatic heterocycles. The minimum Gasteiger partial charge on any atom is -0.469 e. The molecule has 9 heteroatoms. The molecule has 1 atom stereocenters. The Morgan fingerprint density at radius 2 is 1.37 bits per heavy atom. The van der Waals surface area contributed by atoms with Crippen molar-refractivity contribution in [3.63, 3.8) is 0 Å². The fourth-order valence-electron chi connectivity index (χ4n) is 1.36. The summed E-state index contributed by atoms with van der Waals surface area (Å²) in [5, 5.41) is 0. The van der Waals surface area contributed by atoms with E-state index in [0.29, 0.717) is 0 Å². The molecule has 0 aliphatic rings. The number of alkyl halides is 3. The fraction of sp³-hybridized carbons (Fsp3) is 0.700. The molecule has 0 saturated carbocycles. The third kappa shape index (κ3) is 4.76. The van der Waals surface area contributed by atoms with Gasteiger partial charge in [-0.3, -0.25) is 14.4 Å². The van der Waals surface area contributed by atoms with Crippen molar-refractivity contribution in [1.82, 2.24) is 0 Å². The molecule has 6 nitrogen and oxygen atoms in total. The van der Waals surface area contributed by atoms with Crippen LogP contribution in [0.25, 0.3) is 0 Å². The van der Waals surface area contributed by atoms with Gasteiger partial charge in [-0.05, 0) is 0 Å². The third-order valence-electron chi connectivity index (χ3n) is 2.35. The lowest BCUT2D eigenvalue weighted by Crippen LogP contribution is -2.42. The van der Waals surface area contributed by atoms with Gasteiger partial charge in [-0.15, -0.1) is 0 Å². The molecule has 0 radical (unpaired) electrons. The Morgan fingerprint density at radius 3 is 1.63 bits per heavy atom. The molecule has 1 unspecified atom stereocenters. The van der Waals surface area contributed by atoms with Crippen LogP contribution in [0.15, 0.2) is 0 Å². The number of rotatable bonds is 5. The van der Waals surface area contributed by atoms with Crippen LogP contribution in [0.2, 0.25) is 0 Å². The highest BCUT2D eigenvalue weighted by atomic mass is 19.4. The fourth-order valence-corrected chi connectivity index (χ4v) is 1.36. The molecule has 0 aromatic heterocycles. The SMILES string of the molecule is COC(=O)CC(C(C(=O)OC)C(=O)OC)C(F)(F)F. The van der Waals surface area contributed by atoms with Crippen molar-refractivity contribution >= 4 is 17.9 Å². The van der Waals surface area contributed by atoms with Crippen molar-refractivity contribution in [2.45, 2.75) is 12.6 Å². The molecule has 0 aromatic rings. The summed E-state index contributed by atoms with van der Waals surface area (Å²) in [4.78, 5) is 33.6. The van der Waals surface area contributed by atoms with Crippen molar-refractivity contribution in [1.29, 1.82) is 0 Å². The van der Waals surface area contributed by atoms with Gasteiger partial charge in [0.2, 0.25) is 0 Å². The number of esters is 3. The van der Waals surface area contributed by atoms with Gasteiger partial charge in [-0.2, -0.15) is 13.2 Å². The first-order chi connectivity index (χ1) is 8.68. The zero-order valence-electron chi connectivity index (χ0n) is 10.4. The predicted molar refractivity (Wildman–Crippen MR) is 53.7 cm³/mol. The number of hydrogen-bond donors (Lipinski definition) is 0. The summed E-state index contributed by atoms with van der Waals surface area (Å²) in [7, 11) is 2.54. The molecule has 0 spiro atoms. The van der Waals surface area contributed by atoms with Gasteiger partial charge in [0.25, 0.3) is 0 Å². The predicted octanol–water partition coefficient (Wildman–Crippen LogP) is 0.690. The minimum absolute atomic E-state index is 0.823. The van der Waals surface area contributed by atoms with Crippen LogP contribution in [0.5, 0.6) is 0 Å². The van der Waals surface area contributed by atoms with Crippen LogP contribution in [-0.4, -0.2) is 45.4 Å². The van der Waals surface area contributed by atoms with Crippen LogP contribution in [0.1, 0.15) is 6.42 Å². The second-order valence-corrected chi connectivity index (χ2v) is 3.45. The molecule has 0 aromatic carbocycles. The smallest absolute Gasteiger partial charge is 0.393 e. The van der Waals surface area contributed by atoms with Crippen LogP contribution < -0.4 is 0 Å². The molecule has 0 amide bonds. The molecule has 0 N–H and O–H groups in total. The number of methoxy groups -OCH3 is 3. The van der Waals surface area contributed by atoms with Crippen molar-refractivity contribution in [3.8, 4) is 0 Å². The van der Waals surface area contributed by atoms with Crippen molar-refractivity contribution in [2.75, 3.05) is 21.3 Å². The summed E-state index contributed by atoms with van der Waals surface area (Å²) in [6.07, 6.45) is -6.16. The maximum atomic E-state index is 12.8. The second-order valence-electron chi connectivity index (χ2n) is 3.45. The molecule has 0 saturated heterocycles. The Bertz CT molecular complexity index is 336. The summed E-state index contributed by atoms with van der Waals surface area (Å²) >= 11 is 0. The van der Waals surface area contributed by atoms with E-state index in [1.165, 1.54) is 0 Å². The topological polar surface area (TPSA) is 78.9 Å². The summed E-state index contributed by atoms with van der Waals surface area (Å²) in [5.74, 6) is -8.91. The number of hydrogen-bond acceptors (Lipinski definition) is 6. The lowest BCUT2D eigenvalue weighted by Gasteiger charge is -2.24. The van der Waals surface area contributed by atoms with E-state index in [-0.39, 0.29) is 0 Å². The molecule has 19 heavy (non-hydrogen) atoms. The van der Waals surface area contributed by atoms with Crippen LogP contribution in [-0.2, 0) is 28.6 Å². The van der Waals surface area contributed by atoms with Gasteiger partial charge in [0.05, 0.1) is 33.7 Å². The maximum Gasteiger partial charge on any atom is 0.393 e. The standard InChI is InChI=1S/C10H13F3O6/c1-17-6(14)4-5(10(11,12)13)7(8(15)18-2)9(16)19-3/h5,7H,4H2,1-3H3. The molecule has 110 valence electrons. The average Bonchev–Trinajstić information content (AvgIpc) is 2.35. The van der Waals surface area contributed by atoms with Gasteiger partial charge in [0.1, 0.15) is 0 Å². The van der Waals surface area contributed by atoms with Crippen molar-refractivity contribution in [3.05, 3.63) is 0 Å². The van der Waals surface area contributed by atoms with Crippen LogP contribution in [0.3, 0.4) is 0 Å². The zero-order valence-corrected chi connectivity index (χ0v) is 10.4. The van der Waals surface area contributed by atoms with E-state index in [1.54, 1.807) is 0 Å². The molecule has 0 rings (SSSR count). The van der Waals surface area contributed by atoms with Crippen molar-refractivity contribution in [2.24, 2.45) is 11.8 Å². The highest BCUT2D eigenvalue weighted by Crippen LogP contribution is 2.36. The van der Waals surface area contributed by atoms with E-state index < -0.39 is 42.3 Å². The number of carbonyl (C=O) groups excluding carboxylic acids is 3. The van der Waals surface area contributed by atoms with Crippen LogP contribution in [0, 0.1) is 11.8 Å². The molecule has 0 bridgehead atoms. The van der Waals surface area contributed by atoms with E-state index in [9.17, 15) is 27.6 Å². The zero-order chi connectivity index (χ0) is 15.2. The normalized spacial score (nSPS) is 12.8. The lowest BCUT2D eigenvalue weighted by atomic mass is 9.88. The Labute approximate surface area is 106 Å². The number of halogens is 3. The number of ether oxygens (including phenoxy) is 3. The monoisotopic (exact) mass is 286 g/mol. The van der Waals surface area contributed by atoms with Gasteiger partial charge in [0.15, 0.2) is 5.92 Å². The largest absolute Gasteiger partial charge is 0.469 e. The minimum atomic E-state index is -4.97. The molecule has 0 fully saturated rings. The van der Waals surface area contributed by atoms with Gasteiger partial charge in [-0.25, -0.2) is 0 Å². The lowest BCUT2D eigenvalue weighted by molar-refractivity contribution is -0.208.